The van der Waals surface area contributed by atoms with Crippen LogP contribution in [0.25, 0.3) is 0 Å². The van der Waals surface area contributed by atoms with Gasteiger partial charge in [0.2, 0.25) is 0 Å². The first-order chi connectivity index (χ1) is 9.95. The Hall–Kier alpha value is -0.910. The summed E-state index contributed by atoms with van der Waals surface area (Å²) in [6.07, 6.45) is 1.04. The molecule has 0 amide bonds. The van der Waals surface area contributed by atoms with Gasteiger partial charge in [0.15, 0.2) is 0 Å². The topological polar surface area (TPSA) is 24.5 Å². The summed E-state index contributed by atoms with van der Waals surface area (Å²) in [5.41, 5.74) is 0.661. The Morgan fingerprint density at radius 2 is 2.24 bits per heavy atom. The van der Waals surface area contributed by atoms with E-state index in [-0.39, 0.29) is 5.75 Å². The van der Waals surface area contributed by atoms with Gasteiger partial charge in [0.05, 0.1) is 0 Å². The molecule has 1 saturated heterocycles. The first kappa shape index (κ1) is 16.5. The van der Waals surface area contributed by atoms with Gasteiger partial charge >= 0.3 is 6.61 Å². The van der Waals surface area contributed by atoms with Crippen molar-refractivity contribution in [2.45, 2.75) is 32.5 Å². The minimum atomic E-state index is -2.83. The Balaban J connectivity index is 2.00. The Bertz CT molecular complexity index is 473. The molecule has 118 valence electrons. The third kappa shape index (κ3) is 4.80. The highest BCUT2D eigenvalue weighted by molar-refractivity contribution is 6.30. The number of nitrogens with zero attached hydrogens (tertiary/aromatic N) is 1. The van der Waals surface area contributed by atoms with Gasteiger partial charge in [0.1, 0.15) is 5.75 Å². The van der Waals surface area contributed by atoms with Crippen molar-refractivity contribution < 1.29 is 13.5 Å². The van der Waals surface area contributed by atoms with Crippen molar-refractivity contribution in [2.75, 3.05) is 20.1 Å². The first-order valence-electron chi connectivity index (χ1n) is 7.11. The molecule has 0 bridgehead atoms. The molecule has 1 aliphatic rings. The van der Waals surface area contributed by atoms with E-state index >= 15 is 0 Å². The summed E-state index contributed by atoms with van der Waals surface area (Å²) in [5, 5.41) is 3.96. The van der Waals surface area contributed by atoms with E-state index in [2.05, 4.69) is 28.9 Å². The van der Waals surface area contributed by atoms with Gasteiger partial charge in [-0.2, -0.15) is 8.78 Å². The average molecular weight is 319 g/mol. The fourth-order valence-electron chi connectivity index (χ4n) is 2.80. The molecular weight excluding hydrogens is 298 g/mol. The van der Waals surface area contributed by atoms with Crippen molar-refractivity contribution >= 4 is 11.6 Å². The summed E-state index contributed by atoms with van der Waals surface area (Å²) < 4.78 is 29.4. The third-order valence-corrected chi connectivity index (χ3v) is 4.14. The van der Waals surface area contributed by atoms with Crippen LogP contribution in [0.15, 0.2) is 18.2 Å². The highest BCUT2D eigenvalue weighted by Crippen LogP contribution is 2.25. The maximum Gasteiger partial charge on any atom is 0.387 e. The number of likely N-dealkylation sites (tertiary alicyclic amines) is 1. The summed E-state index contributed by atoms with van der Waals surface area (Å²) in [7, 11) is 2.11. The Morgan fingerprint density at radius 3 is 2.90 bits per heavy atom. The molecule has 1 aromatic rings. The van der Waals surface area contributed by atoms with Gasteiger partial charge in [-0.15, -0.1) is 0 Å². The number of rotatable bonds is 5. The van der Waals surface area contributed by atoms with Crippen molar-refractivity contribution in [3.8, 4) is 5.75 Å². The van der Waals surface area contributed by atoms with E-state index in [1.165, 1.54) is 6.07 Å². The predicted molar refractivity (Wildman–Crippen MR) is 80.0 cm³/mol. The smallest absolute Gasteiger partial charge is 0.387 e. The van der Waals surface area contributed by atoms with Crippen LogP contribution in [0.5, 0.6) is 5.75 Å². The second kappa shape index (κ2) is 7.38. The zero-order chi connectivity index (χ0) is 15.4. The van der Waals surface area contributed by atoms with Crippen LogP contribution in [0.4, 0.5) is 8.78 Å². The fraction of sp³-hybridized carbons (Fsp3) is 0.600. The minimum Gasteiger partial charge on any atom is -0.434 e. The lowest BCUT2D eigenvalue weighted by Gasteiger charge is -2.35. The second-order valence-corrected chi connectivity index (χ2v) is 6.08. The van der Waals surface area contributed by atoms with E-state index in [0.717, 1.165) is 19.5 Å². The molecule has 0 aliphatic carbocycles. The van der Waals surface area contributed by atoms with Crippen LogP contribution in [0.1, 0.15) is 18.9 Å². The number of hydrogen-bond donors (Lipinski definition) is 1. The van der Waals surface area contributed by atoms with Gasteiger partial charge < -0.3 is 15.0 Å². The van der Waals surface area contributed by atoms with E-state index in [1.807, 2.05) is 0 Å². The molecule has 2 rings (SSSR count). The summed E-state index contributed by atoms with van der Waals surface area (Å²) in [5.74, 6) is 0.699. The maximum atomic E-state index is 12.4. The van der Waals surface area contributed by atoms with Crippen molar-refractivity contribution in [3.63, 3.8) is 0 Å². The lowest BCUT2D eigenvalue weighted by atomic mass is 9.94. The molecule has 0 radical (unpaired) electrons. The Morgan fingerprint density at radius 1 is 1.48 bits per heavy atom. The van der Waals surface area contributed by atoms with Crippen LogP contribution < -0.4 is 10.1 Å². The minimum absolute atomic E-state index is 0.183. The number of alkyl halides is 2. The number of hydrogen-bond acceptors (Lipinski definition) is 3. The van der Waals surface area contributed by atoms with Gasteiger partial charge in [0.25, 0.3) is 0 Å². The molecule has 0 saturated carbocycles. The van der Waals surface area contributed by atoms with Crippen LogP contribution in [-0.4, -0.2) is 37.7 Å². The molecule has 1 aromatic carbocycles. The van der Waals surface area contributed by atoms with E-state index in [4.69, 9.17) is 11.6 Å². The lowest BCUT2D eigenvalue weighted by molar-refractivity contribution is -0.0505. The Kier molecular flexibility index (Phi) is 5.79. The average Bonchev–Trinajstić information content (AvgIpc) is 2.40. The van der Waals surface area contributed by atoms with Crippen LogP contribution in [0, 0.1) is 5.92 Å². The van der Waals surface area contributed by atoms with Crippen molar-refractivity contribution in [1.82, 2.24) is 10.2 Å². The lowest BCUT2D eigenvalue weighted by Crippen LogP contribution is -2.46. The van der Waals surface area contributed by atoms with Gasteiger partial charge in [-0.05, 0) is 44.1 Å². The van der Waals surface area contributed by atoms with Gasteiger partial charge in [-0.25, -0.2) is 0 Å². The van der Waals surface area contributed by atoms with E-state index in [0.29, 0.717) is 29.1 Å². The molecule has 3 nitrogen and oxygen atoms in total. The largest absolute Gasteiger partial charge is 0.434 e. The second-order valence-electron chi connectivity index (χ2n) is 5.65. The number of ether oxygens (including phenoxy) is 1. The van der Waals surface area contributed by atoms with Gasteiger partial charge in [-0.1, -0.05) is 18.5 Å². The predicted octanol–water partition coefficient (Wildman–Crippen LogP) is 3.37. The number of nitrogens with one attached hydrogen (secondary N) is 1. The molecule has 1 heterocycles. The quantitative estimate of drug-likeness (QED) is 0.901. The maximum absolute atomic E-state index is 12.4. The first-order valence-corrected chi connectivity index (χ1v) is 7.48. The Labute approximate surface area is 129 Å². The van der Waals surface area contributed by atoms with Crippen molar-refractivity contribution in [3.05, 3.63) is 28.8 Å². The highest BCUT2D eigenvalue weighted by atomic mass is 35.5. The molecule has 2 atom stereocenters. The molecule has 2 unspecified atom stereocenters. The molecule has 6 heteroatoms. The molecule has 0 aromatic heterocycles. The molecule has 0 spiro atoms. The standard InChI is InChI=1S/C15H21ClF2N2O/c1-10-9-20(2)6-5-13(10)19-8-11-7-12(16)3-4-14(11)21-15(17)18/h3-4,7,10,13,15,19H,5-6,8-9H2,1-2H3. The summed E-state index contributed by atoms with van der Waals surface area (Å²) in [6, 6.07) is 5.09. The van der Waals surface area contributed by atoms with E-state index < -0.39 is 6.61 Å². The molecule has 1 fully saturated rings. The number of benzene rings is 1. The van der Waals surface area contributed by atoms with Crippen LogP contribution in [-0.2, 0) is 6.54 Å². The van der Waals surface area contributed by atoms with Gasteiger partial charge in [-0.3, -0.25) is 0 Å². The zero-order valence-corrected chi connectivity index (χ0v) is 13.0. The number of halogens is 3. The van der Waals surface area contributed by atoms with Crippen LogP contribution in [0.2, 0.25) is 5.02 Å². The monoisotopic (exact) mass is 318 g/mol. The fourth-order valence-corrected chi connectivity index (χ4v) is 2.99. The SMILES string of the molecule is CC1CN(C)CCC1NCc1cc(Cl)ccc1OC(F)F. The zero-order valence-electron chi connectivity index (χ0n) is 12.3. The van der Waals surface area contributed by atoms with Gasteiger partial charge in [0, 0.05) is 29.7 Å². The summed E-state index contributed by atoms with van der Waals surface area (Å²) >= 11 is 5.95. The molecular formula is C15H21ClF2N2O. The molecule has 1 N–H and O–H groups in total. The van der Waals surface area contributed by atoms with Crippen LogP contribution in [0.3, 0.4) is 0 Å². The normalized spacial score (nSPS) is 23.5. The molecule has 1 aliphatic heterocycles. The van der Waals surface area contributed by atoms with E-state index in [9.17, 15) is 8.78 Å². The van der Waals surface area contributed by atoms with Crippen LogP contribution >= 0.6 is 11.6 Å². The summed E-state index contributed by atoms with van der Waals surface area (Å²) in [4.78, 5) is 2.30. The van der Waals surface area contributed by atoms with E-state index in [1.54, 1.807) is 12.1 Å². The summed E-state index contributed by atoms with van der Waals surface area (Å²) in [6.45, 7) is 1.92. The number of piperidine rings is 1. The highest BCUT2D eigenvalue weighted by Gasteiger charge is 2.24. The van der Waals surface area contributed by atoms with Crippen molar-refractivity contribution in [2.24, 2.45) is 5.92 Å². The third-order valence-electron chi connectivity index (χ3n) is 3.90. The molecule has 21 heavy (non-hydrogen) atoms. The van der Waals surface area contributed by atoms with Crippen molar-refractivity contribution in [1.29, 1.82) is 0 Å².